The summed E-state index contributed by atoms with van der Waals surface area (Å²) in [5.74, 6) is 0.895. The SMILES string of the molecule is COc1cc(C(C)(C)C)c(C2=CC=CC(=C(C#N)C#N)C=C2)cc1C(C)(C)C. The molecular weight excluding hydrogens is 344 g/mol. The number of nitriles is 2. The van der Waals surface area contributed by atoms with Crippen molar-refractivity contribution in [3.63, 3.8) is 0 Å². The van der Waals surface area contributed by atoms with Gasteiger partial charge in [-0.05, 0) is 39.7 Å². The lowest BCUT2D eigenvalue weighted by Gasteiger charge is -2.29. The zero-order valence-corrected chi connectivity index (χ0v) is 17.8. The van der Waals surface area contributed by atoms with Crippen LogP contribution in [-0.4, -0.2) is 7.11 Å². The summed E-state index contributed by atoms with van der Waals surface area (Å²) in [5.41, 5.74) is 5.10. The molecule has 28 heavy (non-hydrogen) atoms. The van der Waals surface area contributed by atoms with Crippen LogP contribution in [0.15, 0.2) is 53.7 Å². The number of rotatable bonds is 2. The first kappa shape index (κ1) is 21.3. The quantitative estimate of drug-likeness (QED) is 0.586. The Hall–Kier alpha value is -3.04. The molecule has 0 amide bonds. The van der Waals surface area contributed by atoms with Crippen LogP contribution in [-0.2, 0) is 10.8 Å². The minimum atomic E-state index is -0.0765. The molecule has 0 saturated carbocycles. The largest absolute Gasteiger partial charge is 0.496 e. The van der Waals surface area contributed by atoms with E-state index in [0.717, 1.165) is 22.4 Å². The first-order chi connectivity index (χ1) is 13.0. The van der Waals surface area contributed by atoms with Crippen LogP contribution in [0.4, 0.5) is 0 Å². The molecule has 1 aliphatic rings. The molecule has 144 valence electrons. The second-order valence-corrected chi connectivity index (χ2v) is 8.97. The van der Waals surface area contributed by atoms with Gasteiger partial charge < -0.3 is 4.74 Å². The highest BCUT2D eigenvalue weighted by atomic mass is 16.5. The summed E-state index contributed by atoms with van der Waals surface area (Å²) in [4.78, 5) is 0. The van der Waals surface area contributed by atoms with Gasteiger partial charge in [-0.3, -0.25) is 0 Å². The standard InChI is InChI=1S/C25H28N2O/c1-24(2,3)21-14-23(28-7)22(25(4,5)6)13-20(21)18-10-8-9-17(11-12-18)19(15-26)16-27/h8-14H,1-7H3. The molecule has 0 heterocycles. The highest BCUT2D eigenvalue weighted by molar-refractivity contribution is 5.81. The molecule has 2 rings (SSSR count). The summed E-state index contributed by atoms with van der Waals surface area (Å²) in [6.45, 7) is 13.1. The average Bonchev–Trinajstić information content (AvgIpc) is 2.86. The molecule has 0 saturated heterocycles. The predicted octanol–water partition coefficient (Wildman–Crippen LogP) is 6.14. The van der Waals surface area contributed by atoms with E-state index < -0.39 is 0 Å². The summed E-state index contributed by atoms with van der Waals surface area (Å²) in [7, 11) is 1.71. The molecule has 3 nitrogen and oxygen atoms in total. The topological polar surface area (TPSA) is 56.8 Å². The molecule has 0 bridgehead atoms. The molecule has 0 radical (unpaired) electrons. The average molecular weight is 373 g/mol. The van der Waals surface area contributed by atoms with Gasteiger partial charge >= 0.3 is 0 Å². The first-order valence-electron chi connectivity index (χ1n) is 9.37. The molecule has 0 fully saturated rings. The normalized spacial score (nSPS) is 14.0. The molecule has 1 aromatic carbocycles. The minimum absolute atomic E-state index is 0.0683. The van der Waals surface area contributed by atoms with Crippen molar-refractivity contribution < 1.29 is 4.74 Å². The summed E-state index contributed by atoms with van der Waals surface area (Å²) in [6.07, 6.45) is 9.54. The minimum Gasteiger partial charge on any atom is -0.496 e. The number of hydrogen-bond acceptors (Lipinski definition) is 3. The Balaban J connectivity index is 2.75. The van der Waals surface area contributed by atoms with Crippen molar-refractivity contribution in [1.82, 2.24) is 0 Å². The van der Waals surface area contributed by atoms with Crippen molar-refractivity contribution in [2.24, 2.45) is 0 Å². The predicted molar refractivity (Wildman–Crippen MR) is 115 cm³/mol. The van der Waals surface area contributed by atoms with E-state index in [-0.39, 0.29) is 16.4 Å². The molecule has 0 N–H and O–H groups in total. The molecule has 0 aromatic heterocycles. The number of benzene rings is 1. The Labute approximate surface area is 168 Å². The van der Waals surface area contributed by atoms with Crippen LogP contribution >= 0.6 is 0 Å². The van der Waals surface area contributed by atoms with E-state index in [1.165, 1.54) is 5.56 Å². The number of nitrogens with zero attached hydrogens (tertiary/aromatic N) is 2. The molecular formula is C25H28N2O. The maximum atomic E-state index is 9.16. The molecule has 0 atom stereocenters. The summed E-state index contributed by atoms with van der Waals surface area (Å²) in [5, 5.41) is 18.3. The van der Waals surface area contributed by atoms with Crippen LogP contribution in [0.2, 0.25) is 0 Å². The fourth-order valence-electron chi connectivity index (χ4n) is 3.24. The van der Waals surface area contributed by atoms with Gasteiger partial charge in [-0.25, -0.2) is 0 Å². The van der Waals surface area contributed by atoms with E-state index in [4.69, 9.17) is 15.3 Å². The van der Waals surface area contributed by atoms with Gasteiger partial charge in [0.05, 0.1) is 7.11 Å². The summed E-state index contributed by atoms with van der Waals surface area (Å²) >= 11 is 0. The Kier molecular flexibility index (Phi) is 6.01. The first-order valence-corrected chi connectivity index (χ1v) is 9.37. The molecule has 0 spiro atoms. The molecule has 1 aliphatic carbocycles. The van der Waals surface area contributed by atoms with Crippen LogP contribution in [0.1, 0.15) is 58.2 Å². The van der Waals surface area contributed by atoms with Gasteiger partial charge in [0, 0.05) is 11.1 Å². The van der Waals surface area contributed by atoms with Gasteiger partial charge in [0.15, 0.2) is 0 Å². The van der Waals surface area contributed by atoms with Gasteiger partial charge in [-0.2, -0.15) is 10.5 Å². The Morgan fingerprint density at radius 2 is 1.46 bits per heavy atom. The van der Waals surface area contributed by atoms with E-state index in [1.54, 1.807) is 13.2 Å². The monoisotopic (exact) mass is 372 g/mol. The highest BCUT2D eigenvalue weighted by Gasteiger charge is 2.26. The van der Waals surface area contributed by atoms with Crippen LogP contribution < -0.4 is 4.74 Å². The molecule has 1 aromatic rings. The van der Waals surface area contributed by atoms with Crippen molar-refractivity contribution in [3.05, 3.63) is 70.3 Å². The smallest absolute Gasteiger partial charge is 0.136 e. The van der Waals surface area contributed by atoms with E-state index >= 15 is 0 Å². The van der Waals surface area contributed by atoms with Gasteiger partial charge in [0.2, 0.25) is 0 Å². The summed E-state index contributed by atoms with van der Waals surface area (Å²) < 4.78 is 5.72. The fourth-order valence-corrected chi connectivity index (χ4v) is 3.24. The third-order valence-electron chi connectivity index (χ3n) is 4.77. The van der Waals surface area contributed by atoms with Gasteiger partial charge in [-0.1, -0.05) is 71.9 Å². The zero-order chi connectivity index (χ0) is 21.1. The van der Waals surface area contributed by atoms with Crippen molar-refractivity contribution in [2.45, 2.75) is 52.4 Å². The Morgan fingerprint density at radius 1 is 0.857 bits per heavy atom. The maximum absolute atomic E-state index is 9.16. The Bertz CT molecular complexity index is 960. The van der Waals surface area contributed by atoms with E-state index in [0.29, 0.717) is 5.57 Å². The number of allylic oxidation sites excluding steroid dienone is 8. The van der Waals surface area contributed by atoms with Crippen molar-refractivity contribution in [1.29, 1.82) is 10.5 Å². The van der Waals surface area contributed by atoms with Gasteiger partial charge in [-0.15, -0.1) is 0 Å². The van der Waals surface area contributed by atoms with Crippen LogP contribution in [0, 0.1) is 22.7 Å². The number of hydrogen-bond donors (Lipinski definition) is 0. The van der Waals surface area contributed by atoms with Crippen LogP contribution in [0.5, 0.6) is 5.75 Å². The van der Waals surface area contributed by atoms with Crippen molar-refractivity contribution in [3.8, 4) is 17.9 Å². The second-order valence-electron chi connectivity index (χ2n) is 8.97. The third kappa shape index (κ3) is 4.44. The molecule has 0 aliphatic heterocycles. The van der Waals surface area contributed by atoms with Crippen molar-refractivity contribution >= 4 is 5.57 Å². The lowest BCUT2D eigenvalue weighted by atomic mass is 9.77. The van der Waals surface area contributed by atoms with E-state index in [2.05, 4.69) is 53.7 Å². The highest BCUT2D eigenvalue weighted by Crippen LogP contribution is 2.40. The van der Waals surface area contributed by atoms with Gasteiger partial charge in [0.25, 0.3) is 0 Å². The van der Waals surface area contributed by atoms with Crippen LogP contribution in [0.3, 0.4) is 0 Å². The summed E-state index contributed by atoms with van der Waals surface area (Å²) in [6, 6.07) is 8.28. The fraction of sp³-hybridized carbons (Fsp3) is 0.360. The Morgan fingerprint density at radius 3 is 1.96 bits per heavy atom. The number of methoxy groups -OCH3 is 1. The molecule has 3 heteroatoms. The second kappa shape index (κ2) is 7.91. The van der Waals surface area contributed by atoms with E-state index in [1.807, 2.05) is 36.4 Å². The maximum Gasteiger partial charge on any atom is 0.136 e. The lowest BCUT2D eigenvalue weighted by molar-refractivity contribution is 0.395. The lowest BCUT2D eigenvalue weighted by Crippen LogP contribution is -2.18. The molecule has 0 unspecified atom stereocenters. The van der Waals surface area contributed by atoms with E-state index in [9.17, 15) is 0 Å². The van der Waals surface area contributed by atoms with Crippen LogP contribution in [0.25, 0.3) is 5.57 Å². The number of ether oxygens (including phenoxy) is 1. The zero-order valence-electron chi connectivity index (χ0n) is 17.8. The third-order valence-corrected chi connectivity index (χ3v) is 4.77. The van der Waals surface area contributed by atoms with Crippen molar-refractivity contribution in [2.75, 3.05) is 7.11 Å². The van der Waals surface area contributed by atoms with Gasteiger partial charge in [0.1, 0.15) is 23.5 Å².